The van der Waals surface area contributed by atoms with Crippen molar-refractivity contribution in [2.24, 2.45) is 11.3 Å². The fourth-order valence-electron chi connectivity index (χ4n) is 4.50. The molecule has 0 saturated carbocycles. The van der Waals surface area contributed by atoms with E-state index in [0.29, 0.717) is 0 Å². The largest absolute Gasteiger partial charge is 0.355 e. The van der Waals surface area contributed by atoms with E-state index in [1.54, 1.807) is 6.33 Å². The highest BCUT2D eigenvalue weighted by molar-refractivity contribution is 5.87. The summed E-state index contributed by atoms with van der Waals surface area (Å²) in [5.74, 6) is 1.74. The summed E-state index contributed by atoms with van der Waals surface area (Å²) in [7, 11) is 0. The summed E-state index contributed by atoms with van der Waals surface area (Å²) in [6.07, 6.45) is 9.35. The first-order valence-electron chi connectivity index (χ1n) is 8.43. The number of nitrogens with one attached hydrogen (secondary N) is 1. The normalized spacial score (nSPS) is 27.7. The Bertz CT molecular complexity index is 747. The first-order valence-corrected chi connectivity index (χ1v) is 8.43. The molecule has 0 amide bonds. The van der Waals surface area contributed by atoms with Gasteiger partial charge in [0, 0.05) is 37.8 Å². The van der Waals surface area contributed by atoms with E-state index in [1.165, 1.54) is 6.42 Å². The number of rotatable bonds is 2. The van der Waals surface area contributed by atoms with Crippen LogP contribution in [0.4, 0.5) is 5.82 Å². The standard InChI is InChI=1S/C17H22N6/c1-2-17-9-22(11-18)7-4-13(17)5-8-23(10-17)16-14-3-6-19-15(14)20-12-21-16/h3,6,12-13H,2,4-5,7-10H2,1H3,(H,19,20,21)/t13-,17+/m0/s1. The van der Waals surface area contributed by atoms with Gasteiger partial charge in [-0.3, -0.25) is 0 Å². The van der Waals surface area contributed by atoms with Crippen molar-refractivity contribution in [1.82, 2.24) is 19.9 Å². The van der Waals surface area contributed by atoms with E-state index in [4.69, 9.17) is 0 Å². The first-order chi connectivity index (χ1) is 11.3. The van der Waals surface area contributed by atoms with Crippen molar-refractivity contribution in [3.8, 4) is 6.19 Å². The minimum Gasteiger partial charge on any atom is -0.355 e. The van der Waals surface area contributed by atoms with E-state index >= 15 is 0 Å². The maximum Gasteiger partial charge on any atom is 0.179 e. The first kappa shape index (κ1) is 14.3. The molecule has 2 aromatic heterocycles. The molecule has 4 rings (SSSR count). The van der Waals surface area contributed by atoms with Crippen molar-refractivity contribution in [2.75, 3.05) is 31.1 Å². The monoisotopic (exact) mass is 310 g/mol. The van der Waals surface area contributed by atoms with Gasteiger partial charge in [0.15, 0.2) is 6.19 Å². The topological polar surface area (TPSA) is 71.8 Å². The van der Waals surface area contributed by atoms with Crippen LogP contribution in [-0.4, -0.2) is 46.0 Å². The summed E-state index contributed by atoms with van der Waals surface area (Å²) in [5.41, 5.74) is 1.09. The number of H-pyrrole nitrogens is 1. The average molecular weight is 310 g/mol. The van der Waals surface area contributed by atoms with Gasteiger partial charge in [0.05, 0.1) is 5.39 Å². The maximum atomic E-state index is 9.33. The van der Waals surface area contributed by atoms with E-state index < -0.39 is 0 Å². The Hall–Kier alpha value is -2.29. The molecule has 0 aromatic carbocycles. The third-order valence-electron chi connectivity index (χ3n) is 5.85. The van der Waals surface area contributed by atoms with E-state index in [0.717, 1.165) is 61.8 Å². The number of likely N-dealkylation sites (tertiary alicyclic amines) is 1. The van der Waals surface area contributed by atoms with Crippen LogP contribution in [0.25, 0.3) is 11.0 Å². The van der Waals surface area contributed by atoms with Gasteiger partial charge in [-0.2, -0.15) is 5.26 Å². The van der Waals surface area contributed by atoms with Crippen LogP contribution in [0.2, 0.25) is 0 Å². The Kier molecular flexibility index (Phi) is 3.37. The quantitative estimate of drug-likeness (QED) is 0.862. The fourth-order valence-corrected chi connectivity index (χ4v) is 4.50. The van der Waals surface area contributed by atoms with Gasteiger partial charge in [-0.05, 0) is 31.2 Å². The average Bonchev–Trinajstić information content (AvgIpc) is 3.09. The second-order valence-electron chi connectivity index (χ2n) is 6.87. The SMILES string of the molecule is CC[C@]12CN(C#N)CC[C@H]1CCN(c1ncnc3[nH]ccc13)C2. The predicted octanol–water partition coefficient (Wildman–Crippen LogP) is 2.37. The van der Waals surface area contributed by atoms with Gasteiger partial charge < -0.3 is 14.8 Å². The van der Waals surface area contributed by atoms with E-state index in [-0.39, 0.29) is 5.41 Å². The molecule has 2 aliphatic rings. The predicted molar refractivity (Wildman–Crippen MR) is 88.7 cm³/mol. The van der Waals surface area contributed by atoms with Crippen LogP contribution in [0.3, 0.4) is 0 Å². The lowest BCUT2D eigenvalue weighted by atomic mass is 9.65. The molecule has 2 saturated heterocycles. The van der Waals surface area contributed by atoms with Crippen molar-refractivity contribution >= 4 is 16.9 Å². The number of aromatic amines is 1. The molecule has 2 atom stereocenters. The summed E-state index contributed by atoms with van der Waals surface area (Å²) in [4.78, 5) is 16.4. The molecule has 4 heterocycles. The zero-order valence-corrected chi connectivity index (χ0v) is 13.5. The van der Waals surface area contributed by atoms with Crippen LogP contribution in [0.1, 0.15) is 26.2 Å². The van der Waals surface area contributed by atoms with E-state index in [1.807, 2.05) is 11.1 Å². The van der Waals surface area contributed by atoms with Gasteiger partial charge >= 0.3 is 0 Å². The molecular formula is C17H22N6. The van der Waals surface area contributed by atoms with E-state index in [9.17, 15) is 5.26 Å². The molecule has 0 aliphatic carbocycles. The summed E-state index contributed by atoms with van der Waals surface area (Å²) in [6.45, 7) is 6.07. The highest BCUT2D eigenvalue weighted by Gasteiger charge is 2.46. The van der Waals surface area contributed by atoms with Crippen molar-refractivity contribution < 1.29 is 0 Å². The molecule has 2 fully saturated rings. The summed E-state index contributed by atoms with van der Waals surface area (Å²) < 4.78 is 0. The summed E-state index contributed by atoms with van der Waals surface area (Å²) >= 11 is 0. The lowest BCUT2D eigenvalue weighted by Gasteiger charge is -2.52. The van der Waals surface area contributed by atoms with Crippen LogP contribution >= 0.6 is 0 Å². The smallest absolute Gasteiger partial charge is 0.179 e. The number of hydrogen-bond donors (Lipinski definition) is 1. The molecule has 0 spiro atoms. The van der Waals surface area contributed by atoms with Crippen LogP contribution in [0, 0.1) is 22.8 Å². The molecule has 23 heavy (non-hydrogen) atoms. The number of anilines is 1. The number of nitriles is 1. The second-order valence-corrected chi connectivity index (χ2v) is 6.87. The molecule has 120 valence electrons. The van der Waals surface area contributed by atoms with Crippen molar-refractivity contribution in [3.63, 3.8) is 0 Å². The van der Waals surface area contributed by atoms with Gasteiger partial charge in [-0.15, -0.1) is 0 Å². The van der Waals surface area contributed by atoms with Crippen molar-refractivity contribution in [1.29, 1.82) is 5.26 Å². The molecule has 6 heteroatoms. The molecule has 2 aromatic rings. The summed E-state index contributed by atoms with van der Waals surface area (Å²) in [6, 6.07) is 2.05. The Balaban J connectivity index is 1.68. The highest BCUT2D eigenvalue weighted by Crippen LogP contribution is 2.45. The Morgan fingerprint density at radius 3 is 3.04 bits per heavy atom. The number of hydrogen-bond acceptors (Lipinski definition) is 5. The zero-order chi connectivity index (χ0) is 15.9. The molecule has 1 N–H and O–H groups in total. The molecule has 2 aliphatic heterocycles. The van der Waals surface area contributed by atoms with Crippen molar-refractivity contribution in [2.45, 2.75) is 26.2 Å². The van der Waals surface area contributed by atoms with Gasteiger partial charge in [0.25, 0.3) is 0 Å². The lowest BCUT2D eigenvalue weighted by molar-refractivity contribution is 0.0357. The highest BCUT2D eigenvalue weighted by atomic mass is 15.2. The fraction of sp³-hybridized carbons (Fsp3) is 0.588. The Morgan fingerprint density at radius 2 is 2.22 bits per heavy atom. The number of piperidine rings is 2. The molecule has 0 bridgehead atoms. The number of fused-ring (bicyclic) bond motifs is 2. The Labute approximate surface area is 136 Å². The van der Waals surface area contributed by atoms with Crippen LogP contribution in [0.15, 0.2) is 18.6 Å². The third-order valence-corrected chi connectivity index (χ3v) is 5.85. The lowest BCUT2D eigenvalue weighted by Crippen LogP contribution is -2.57. The maximum absolute atomic E-state index is 9.33. The van der Waals surface area contributed by atoms with Gasteiger partial charge in [-0.1, -0.05) is 6.92 Å². The molecular weight excluding hydrogens is 288 g/mol. The number of nitrogens with zero attached hydrogens (tertiary/aromatic N) is 5. The van der Waals surface area contributed by atoms with E-state index in [2.05, 4.69) is 39.0 Å². The van der Waals surface area contributed by atoms with Crippen LogP contribution in [0.5, 0.6) is 0 Å². The Morgan fingerprint density at radius 1 is 1.35 bits per heavy atom. The van der Waals surface area contributed by atoms with Gasteiger partial charge in [-0.25, -0.2) is 9.97 Å². The van der Waals surface area contributed by atoms with Crippen LogP contribution in [-0.2, 0) is 0 Å². The van der Waals surface area contributed by atoms with Gasteiger partial charge in [0.2, 0.25) is 0 Å². The molecule has 0 radical (unpaired) electrons. The zero-order valence-electron chi connectivity index (χ0n) is 13.5. The van der Waals surface area contributed by atoms with Crippen LogP contribution < -0.4 is 4.90 Å². The second kappa shape index (κ2) is 5.41. The summed E-state index contributed by atoms with van der Waals surface area (Å²) in [5, 5.41) is 10.4. The minimum atomic E-state index is 0.194. The number of aromatic nitrogens is 3. The third kappa shape index (κ3) is 2.23. The van der Waals surface area contributed by atoms with Crippen molar-refractivity contribution in [3.05, 3.63) is 18.6 Å². The van der Waals surface area contributed by atoms with Gasteiger partial charge in [0.1, 0.15) is 17.8 Å². The molecule has 0 unspecified atom stereocenters. The molecule has 6 nitrogen and oxygen atoms in total. The minimum absolute atomic E-state index is 0.194.